The maximum absolute atomic E-state index is 15.5. The zero-order valence-corrected chi connectivity index (χ0v) is 19.5. The van der Waals surface area contributed by atoms with Gasteiger partial charge >= 0.3 is 5.97 Å². The number of ether oxygens (including phenoxy) is 1. The zero-order chi connectivity index (χ0) is 51.0. The number of hydrogen-bond acceptors (Lipinski definition) is 5. The van der Waals surface area contributed by atoms with Crippen LogP contribution in [0.1, 0.15) is 131 Å². The van der Waals surface area contributed by atoms with Gasteiger partial charge in [-0.1, -0.05) is 59.6 Å². The number of ketones is 2. The van der Waals surface area contributed by atoms with Crippen LogP contribution in [0.3, 0.4) is 0 Å². The van der Waals surface area contributed by atoms with E-state index in [-0.39, 0.29) is 12.2 Å². The zero-order valence-electron chi connectivity index (χ0n) is 47.5. The van der Waals surface area contributed by atoms with Gasteiger partial charge in [0.1, 0.15) is 6.07 Å². The van der Waals surface area contributed by atoms with Gasteiger partial charge in [0, 0.05) is 51.0 Å². The molecule has 5 rings (SSSR count). The molecule has 0 bridgehead atoms. The molecule has 37 heavy (non-hydrogen) atoms. The van der Waals surface area contributed by atoms with E-state index >= 15 is 4.79 Å². The van der Waals surface area contributed by atoms with Crippen LogP contribution in [0.2, 0.25) is 0 Å². The van der Waals surface area contributed by atoms with E-state index in [2.05, 4.69) is 4.74 Å². The quantitative estimate of drug-likeness (QED) is 0.365. The molecule has 5 aliphatic carbocycles. The van der Waals surface area contributed by atoms with E-state index in [0.717, 1.165) is 0 Å². The van der Waals surface area contributed by atoms with Gasteiger partial charge in [-0.25, -0.2) is 0 Å². The van der Waals surface area contributed by atoms with Crippen molar-refractivity contribution in [3.05, 3.63) is 23.3 Å². The first-order valence-electron chi connectivity index (χ1n) is 25.7. The minimum Gasteiger partial charge on any atom is -0.469 e. The first-order valence-corrected chi connectivity index (χ1v) is 11.7. The maximum atomic E-state index is 15.5. The van der Waals surface area contributed by atoms with Crippen molar-refractivity contribution in [3.63, 3.8) is 0 Å². The Labute approximate surface area is 261 Å². The van der Waals surface area contributed by atoms with Crippen LogP contribution in [0.4, 0.5) is 0 Å². The second kappa shape index (κ2) is 7.67. The molecule has 200 valence electrons. The molecule has 0 saturated heterocycles. The van der Waals surface area contributed by atoms with Crippen molar-refractivity contribution in [2.24, 2.45) is 50.2 Å². The third-order valence-electron chi connectivity index (χ3n) is 9.20. The summed E-state index contributed by atoms with van der Waals surface area (Å²) in [5.41, 5.74) is -24.8. The van der Waals surface area contributed by atoms with Crippen LogP contribution in [0, 0.1) is 61.6 Å². The molecule has 0 aromatic heterocycles. The predicted octanol–water partition coefficient (Wildman–Crippen LogP) is 6.38. The molecular weight excluding hydrogens is 462 g/mol. The minimum atomic E-state index is -4.29. The fourth-order valence-corrected chi connectivity index (χ4v) is 7.41. The molecule has 3 fully saturated rings. The van der Waals surface area contributed by atoms with Crippen LogP contribution in [-0.4, -0.2) is 24.6 Å². The maximum Gasteiger partial charge on any atom is 0.312 e. The average Bonchev–Trinajstić information content (AvgIpc) is 3.04. The van der Waals surface area contributed by atoms with Crippen LogP contribution in [0.5, 0.6) is 0 Å². The Morgan fingerprint density at radius 2 is 1.95 bits per heavy atom. The summed E-state index contributed by atoms with van der Waals surface area (Å²) in [6.45, 7) is -28.6. The van der Waals surface area contributed by atoms with E-state index in [9.17, 15) is 25.8 Å². The van der Waals surface area contributed by atoms with Crippen molar-refractivity contribution in [1.29, 1.82) is 5.26 Å². The van der Waals surface area contributed by atoms with E-state index in [1.807, 2.05) is 0 Å². The highest BCUT2D eigenvalue weighted by molar-refractivity contribution is 6.04. The monoisotopic (exact) mass is 533 g/mol. The Bertz CT molecular complexity index is 2130. The average molecular weight is 534 g/mol. The van der Waals surface area contributed by atoms with Crippen LogP contribution in [0.25, 0.3) is 0 Å². The highest BCUT2D eigenvalue weighted by atomic mass is 16.5. The summed E-state index contributed by atoms with van der Waals surface area (Å²) < 4.78 is 248. The first kappa shape index (κ1) is 8.90. The van der Waals surface area contributed by atoms with Gasteiger partial charge in [-0.15, -0.1) is 0 Å². The van der Waals surface area contributed by atoms with Gasteiger partial charge in [-0.2, -0.15) is 5.26 Å². The lowest BCUT2D eigenvalue weighted by molar-refractivity contribution is -0.191. The van der Waals surface area contributed by atoms with Gasteiger partial charge in [0.25, 0.3) is 0 Å². The Kier molecular flexibility index (Phi) is 1.85. The predicted molar refractivity (Wildman–Crippen MR) is 141 cm³/mol. The number of methoxy groups -OCH3 is 1. The van der Waals surface area contributed by atoms with Crippen molar-refractivity contribution in [3.8, 4) is 6.07 Å². The van der Waals surface area contributed by atoms with Crippen LogP contribution in [-0.2, 0) is 19.1 Å². The number of fused-ring (bicyclic) bond motifs is 7. The number of nitriles is 1. The summed E-state index contributed by atoms with van der Waals surface area (Å²) in [4.78, 5) is 44.2. The van der Waals surface area contributed by atoms with E-state index in [1.165, 1.54) is 6.07 Å². The van der Waals surface area contributed by atoms with Gasteiger partial charge in [-0.3, -0.25) is 14.4 Å². The summed E-state index contributed by atoms with van der Waals surface area (Å²) in [7, 11) is -3.84. The summed E-state index contributed by atoms with van der Waals surface area (Å²) in [5.74, 6) is -14.4. The van der Waals surface area contributed by atoms with Gasteiger partial charge in [-0.05, 0) is 79.0 Å². The molecule has 3 saturated carbocycles. The van der Waals surface area contributed by atoms with E-state index < -0.39 is 179 Å². The fraction of sp³-hybridized carbons (Fsp3) is 0.750. The molecule has 0 spiro atoms. The number of allylic oxidation sites excluding steroid dienone is 4. The Morgan fingerprint density at radius 1 is 1.11 bits per heavy atom. The number of nitrogens with zero attached hydrogens (tertiary/aromatic N) is 1. The molecular formula is C32H43NO4. The number of esters is 1. The van der Waals surface area contributed by atoms with Crippen LogP contribution >= 0.6 is 0 Å². The smallest absolute Gasteiger partial charge is 0.312 e. The van der Waals surface area contributed by atoms with Crippen LogP contribution < -0.4 is 0 Å². The lowest BCUT2D eigenvalue weighted by atomic mass is 9.34. The van der Waals surface area contributed by atoms with E-state index in [1.54, 1.807) is 0 Å². The lowest BCUT2D eigenvalue weighted by Gasteiger charge is -2.68. The van der Waals surface area contributed by atoms with Crippen molar-refractivity contribution in [1.82, 2.24) is 0 Å². The molecule has 7 atom stereocenters. The van der Waals surface area contributed by atoms with Crippen molar-refractivity contribution in [2.75, 3.05) is 7.04 Å². The lowest BCUT2D eigenvalue weighted by Crippen LogP contribution is -2.65. The highest BCUT2D eigenvalue weighted by Gasteiger charge is 2.71. The van der Waals surface area contributed by atoms with Crippen LogP contribution in [0.15, 0.2) is 23.3 Å². The van der Waals surface area contributed by atoms with Crippen molar-refractivity contribution < 1.29 is 57.5 Å². The van der Waals surface area contributed by atoms with Gasteiger partial charge in [0.05, 0.1) is 22.1 Å². The molecule has 0 aliphatic heterocycles. The normalized spacial score (nSPS) is 62.3. The molecule has 5 aliphatic rings. The SMILES string of the molecule is [2H]C([2H])([2H])OC(=O)[C@@]12CC[C@]3(C([2H])([2H])[2H])[C@H](C(=O)C=C4[C@@]5(C([2H])([2H])[2H])C=C(C#N)C(=O)C(C([2H])([2H])[2H])(C([2H])([2H])[2H])[C@@H]5CC[C@]43C([2H])([2H])[2H])[C@@H]1CC(C([2H])([2H])[2H])(C([2H])([2H])[2H])C([2H])([2H])C2([2H])[2H]. The Balaban J connectivity index is 2.13. The fourth-order valence-electron chi connectivity index (χ4n) is 7.41. The first-order chi connectivity index (χ1) is 28.5. The molecule has 0 aromatic carbocycles. The summed E-state index contributed by atoms with van der Waals surface area (Å²) in [6.07, 6.45) is -15.8. The molecule has 0 amide bonds. The molecule has 5 heteroatoms. The van der Waals surface area contributed by atoms with Crippen molar-refractivity contribution >= 4 is 17.5 Å². The number of hydrogen-bond donors (Lipinski definition) is 0. The minimum absolute atomic E-state index is 0.168. The second-order valence-electron chi connectivity index (χ2n) is 10.9. The van der Waals surface area contributed by atoms with Gasteiger partial charge in [0.2, 0.25) is 0 Å². The number of carbonyl (C=O) groups is 3. The second-order valence-corrected chi connectivity index (χ2v) is 10.9. The summed E-state index contributed by atoms with van der Waals surface area (Å²) >= 11 is 0. The Hall–Kier alpha value is -2.22. The third kappa shape index (κ3) is 3.11. The summed E-state index contributed by atoms with van der Waals surface area (Å²) in [5, 5.41) is 10.3. The largest absolute Gasteiger partial charge is 0.469 e. The molecule has 0 aromatic rings. The summed E-state index contributed by atoms with van der Waals surface area (Å²) in [6, 6.07) is 1.28. The number of rotatable bonds is 1. The highest BCUT2D eigenvalue weighted by Crippen LogP contribution is 2.74. The molecule has 0 heterocycles. The molecule has 0 unspecified atom stereocenters. The molecule has 0 N–H and O–H groups in total. The van der Waals surface area contributed by atoms with Gasteiger partial charge in [0.15, 0.2) is 11.6 Å². The topological polar surface area (TPSA) is 84.2 Å². The molecule has 0 radical (unpaired) electrons. The van der Waals surface area contributed by atoms with Crippen molar-refractivity contribution in [2.45, 2.75) is 92.8 Å². The third-order valence-corrected chi connectivity index (χ3v) is 9.20. The standard InChI is InChI=1S/C32H43NO4/c1-27(2)11-13-32(26(36)37-8)14-12-31(7)24(20(32)17-27)21(34)15-23-29(5)16-19(18-33)25(35)28(3,4)22(29)9-10-30(23,31)6/h15-16,20,22,24H,9-14,17H2,1-8H3/t20-,22-,24-,29-,30+,31+,32-/m0/s1/i1D3,2D3,3D3,4D3,5D3,6D3,7D3,8D3,11D2,13D2. The number of Topliss-reactive ketones (excluding diaryl/α,β-unsaturated/α-hetero) is 1. The van der Waals surface area contributed by atoms with E-state index in [0.29, 0.717) is 0 Å². The number of carbonyl (C=O) groups excluding carboxylic acids is 3. The van der Waals surface area contributed by atoms with Gasteiger partial charge < -0.3 is 4.74 Å². The Morgan fingerprint density at radius 3 is 2.59 bits per heavy atom. The molecule has 5 nitrogen and oxygen atoms in total. The van der Waals surface area contributed by atoms with E-state index in [4.69, 9.17) is 27.4 Å².